The van der Waals surface area contributed by atoms with Crippen molar-refractivity contribution in [3.63, 3.8) is 0 Å². The second kappa shape index (κ2) is 5.65. The highest BCUT2D eigenvalue weighted by Gasteiger charge is 2.33. The Bertz CT molecular complexity index is 391. The van der Waals surface area contributed by atoms with Crippen molar-refractivity contribution < 1.29 is 22.7 Å². The molecule has 0 fully saturated rings. The first kappa shape index (κ1) is 13.5. The number of carbonyl (C=O) groups excluding carboxylic acids is 1. The van der Waals surface area contributed by atoms with Gasteiger partial charge < -0.3 is 4.74 Å². The normalized spacial score (nSPS) is 11.3. The molecule has 0 N–H and O–H groups in total. The van der Waals surface area contributed by atoms with Gasteiger partial charge in [-0.25, -0.2) is 0 Å². The van der Waals surface area contributed by atoms with Crippen molar-refractivity contribution in [2.45, 2.75) is 25.9 Å². The number of esters is 1. The van der Waals surface area contributed by atoms with E-state index in [1.807, 2.05) is 0 Å². The van der Waals surface area contributed by atoms with Gasteiger partial charge in [0.05, 0.1) is 12.2 Å². The molecule has 1 rings (SSSR count). The van der Waals surface area contributed by atoms with E-state index in [0.29, 0.717) is 0 Å². The Morgan fingerprint density at radius 1 is 1.47 bits per heavy atom. The Labute approximate surface area is 96.6 Å². The van der Waals surface area contributed by atoms with Gasteiger partial charge in [-0.3, -0.25) is 9.78 Å². The van der Waals surface area contributed by atoms with Gasteiger partial charge in [-0.15, -0.1) is 0 Å². The van der Waals surface area contributed by atoms with Gasteiger partial charge in [0.25, 0.3) is 0 Å². The van der Waals surface area contributed by atoms with E-state index < -0.39 is 17.7 Å². The summed E-state index contributed by atoms with van der Waals surface area (Å²) >= 11 is 0. The SMILES string of the molecule is CCOC(=O)CCc1cnccc1C(F)(F)F. The molecule has 1 aromatic rings. The minimum absolute atomic E-state index is 0.00746. The number of aryl methyl sites for hydroxylation is 1. The van der Waals surface area contributed by atoms with Crippen molar-refractivity contribution in [3.05, 3.63) is 29.6 Å². The lowest BCUT2D eigenvalue weighted by molar-refractivity contribution is -0.144. The fraction of sp³-hybridized carbons (Fsp3) is 0.455. The van der Waals surface area contributed by atoms with Crippen molar-refractivity contribution in [2.24, 2.45) is 0 Å². The number of aromatic nitrogens is 1. The van der Waals surface area contributed by atoms with Gasteiger partial charge in [0.1, 0.15) is 0 Å². The molecule has 3 nitrogen and oxygen atoms in total. The maximum absolute atomic E-state index is 12.6. The molecule has 0 saturated carbocycles. The number of hydrogen-bond donors (Lipinski definition) is 0. The molecule has 0 atom stereocenters. The summed E-state index contributed by atoms with van der Waals surface area (Å²) in [5, 5.41) is 0. The predicted octanol–water partition coefficient (Wildman–Crippen LogP) is 2.60. The van der Waals surface area contributed by atoms with Gasteiger partial charge in [0, 0.05) is 18.8 Å². The molecule has 0 spiro atoms. The number of halogens is 3. The van der Waals surface area contributed by atoms with E-state index in [1.165, 1.54) is 0 Å². The molecule has 0 bridgehead atoms. The van der Waals surface area contributed by atoms with Crippen molar-refractivity contribution >= 4 is 5.97 Å². The lowest BCUT2D eigenvalue weighted by atomic mass is 10.1. The molecule has 0 radical (unpaired) electrons. The fourth-order valence-corrected chi connectivity index (χ4v) is 1.37. The van der Waals surface area contributed by atoms with Crippen molar-refractivity contribution in [2.75, 3.05) is 6.61 Å². The van der Waals surface area contributed by atoms with Gasteiger partial charge in [0.2, 0.25) is 0 Å². The van der Waals surface area contributed by atoms with E-state index in [2.05, 4.69) is 9.72 Å². The topological polar surface area (TPSA) is 39.2 Å². The summed E-state index contributed by atoms with van der Waals surface area (Å²) in [4.78, 5) is 14.7. The summed E-state index contributed by atoms with van der Waals surface area (Å²) in [6.45, 7) is 1.86. The number of rotatable bonds is 4. The standard InChI is InChI=1S/C11H12F3NO2/c1-2-17-10(16)4-3-8-7-15-6-5-9(8)11(12,13)14/h5-7H,2-4H2,1H3. The number of pyridine rings is 1. The minimum atomic E-state index is -4.42. The Morgan fingerprint density at radius 3 is 2.76 bits per heavy atom. The van der Waals surface area contributed by atoms with Crippen LogP contribution < -0.4 is 0 Å². The molecule has 0 aromatic carbocycles. The minimum Gasteiger partial charge on any atom is -0.466 e. The van der Waals surface area contributed by atoms with Crippen LogP contribution in [0.4, 0.5) is 13.2 Å². The smallest absolute Gasteiger partial charge is 0.416 e. The van der Waals surface area contributed by atoms with Gasteiger partial charge in [0.15, 0.2) is 0 Å². The number of alkyl halides is 3. The van der Waals surface area contributed by atoms with Gasteiger partial charge in [-0.2, -0.15) is 13.2 Å². The first-order valence-electron chi connectivity index (χ1n) is 5.11. The summed E-state index contributed by atoms with van der Waals surface area (Å²) < 4.78 is 42.4. The predicted molar refractivity (Wildman–Crippen MR) is 54.2 cm³/mol. The van der Waals surface area contributed by atoms with E-state index in [9.17, 15) is 18.0 Å². The summed E-state index contributed by atoms with van der Waals surface area (Å²) in [7, 11) is 0. The molecule has 1 heterocycles. The molecule has 0 saturated heterocycles. The highest BCUT2D eigenvalue weighted by molar-refractivity contribution is 5.69. The van der Waals surface area contributed by atoms with Crippen molar-refractivity contribution in [1.82, 2.24) is 4.98 Å². The van der Waals surface area contributed by atoms with Crippen LogP contribution in [0, 0.1) is 0 Å². The zero-order valence-electron chi connectivity index (χ0n) is 9.25. The van der Waals surface area contributed by atoms with Crippen LogP contribution in [0.1, 0.15) is 24.5 Å². The largest absolute Gasteiger partial charge is 0.466 e. The highest BCUT2D eigenvalue weighted by atomic mass is 19.4. The summed E-state index contributed by atoms with van der Waals surface area (Å²) in [6, 6.07) is 0.903. The van der Waals surface area contributed by atoms with E-state index in [1.54, 1.807) is 6.92 Å². The van der Waals surface area contributed by atoms with Gasteiger partial charge in [-0.05, 0) is 25.0 Å². The van der Waals surface area contributed by atoms with Crippen LogP contribution in [0.3, 0.4) is 0 Å². The van der Waals surface area contributed by atoms with E-state index >= 15 is 0 Å². The number of carbonyl (C=O) groups is 1. The first-order valence-corrected chi connectivity index (χ1v) is 5.11. The lowest BCUT2D eigenvalue weighted by Gasteiger charge is -2.11. The monoisotopic (exact) mass is 247 g/mol. The summed E-state index contributed by atoms with van der Waals surface area (Å²) in [6.07, 6.45) is -2.32. The second-order valence-corrected chi connectivity index (χ2v) is 3.34. The van der Waals surface area contributed by atoms with Crippen LogP contribution in [-0.4, -0.2) is 17.6 Å². The molecular weight excluding hydrogens is 235 g/mol. The Morgan fingerprint density at radius 2 is 2.18 bits per heavy atom. The van der Waals surface area contributed by atoms with Crippen LogP contribution in [0.15, 0.2) is 18.5 Å². The van der Waals surface area contributed by atoms with Crippen LogP contribution in [0.2, 0.25) is 0 Å². The molecule has 0 unspecified atom stereocenters. The second-order valence-electron chi connectivity index (χ2n) is 3.34. The Hall–Kier alpha value is -1.59. The maximum atomic E-state index is 12.6. The molecule has 94 valence electrons. The number of hydrogen-bond acceptors (Lipinski definition) is 3. The van der Waals surface area contributed by atoms with E-state index in [0.717, 1.165) is 18.5 Å². The number of ether oxygens (including phenoxy) is 1. The van der Waals surface area contributed by atoms with E-state index in [4.69, 9.17) is 0 Å². The molecule has 17 heavy (non-hydrogen) atoms. The molecule has 0 aliphatic heterocycles. The third kappa shape index (κ3) is 4.05. The molecule has 6 heteroatoms. The van der Waals surface area contributed by atoms with Crippen LogP contribution in [0.5, 0.6) is 0 Å². The van der Waals surface area contributed by atoms with Crippen molar-refractivity contribution in [3.8, 4) is 0 Å². The summed E-state index contributed by atoms with van der Waals surface area (Å²) in [5.74, 6) is -0.510. The molecular formula is C11H12F3NO2. The van der Waals surface area contributed by atoms with Gasteiger partial charge >= 0.3 is 12.1 Å². The molecule has 0 amide bonds. The lowest BCUT2D eigenvalue weighted by Crippen LogP contribution is -2.12. The fourth-order valence-electron chi connectivity index (χ4n) is 1.37. The Kier molecular flexibility index (Phi) is 4.48. The zero-order chi connectivity index (χ0) is 12.9. The highest BCUT2D eigenvalue weighted by Crippen LogP contribution is 2.31. The molecule has 0 aliphatic rings. The number of nitrogens with zero attached hydrogens (tertiary/aromatic N) is 1. The zero-order valence-corrected chi connectivity index (χ0v) is 9.25. The van der Waals surface area contributed by atoms with Crippen LogP contribution in [-0.2, 0) is 22.1 Å². The average Bonchev–Trinajstić information content (AvgIpc) is 2.26. The maximum Gasteiger partial charge on any atom is 0.416 e. The van der Waals surface area contributed by atoms with Crippen LogP contribution >= 0.6 is 0 Å². The summed E-state index contributed by atoms with van der Waals surface area (Å²) in [5.41, 5.74) is -0.746. The van der Waals surface area contributed by atoms with Gasteiger partial charge in [-0.1, -0.05) is 0 Å². The third-order valence-electron chi connectivity index (χ3n) is 2.11. The van der Waals surface area contributed by atoms with E-state index in [-0.39, 0.29) is 25.0 Å². The van der Waals surface area contributed by atoms with Crippen LogP contribution in [0.25, 0.3) is 0 Å². The average molecular weight is 247 g/mol. The molecule has 1 aromatic heterocycles. The Balaban J connectivity index is 2.74. The first-order chi connectivity index (χ1) is 7.95. The quantitative estimate of drug-likeness (QED) is 0.768. The third-order valence-corrected chi connectivity index (χ3v) is 2.11. The van der Waals surface area contributed by atoms with Crippen molar-refractivity contribution in [1.29, 1.82) is 0 Å². The molecule has 0 aliphatic carbocycles.